The van der Waals surface area contributed by atoms with Crippen molar-refractivity contribution in [3.8, 4) is 34.0 Å². The number of imidazole rings is 1. The van der Waals surface area contributed by atoms with Crippen LogP contribution in [-0.2, 0) is 0 Å². The number of aliphatic hydroxyl groups is 1. The lowest BCUT2D eigenvalue weighted by atomic mass is 9.97. The monoisotopic (exact) mass is 473 g/mol. The van der Waals surface area contributed by atoms with Gasteiger partial charge in [-0.3, -0.25) is 4.98 Å². The molecule has 8 nitrogen and oxygen atoms in total. The molecular weight excluding hydrogens is 442 g/mol. The first-order valence-electron chi connectivity index (χ1n) is 11.7. The molecule has 2 atom stereocenters. The molecule has 5 rings (SSSR count). The van der Waals surface area contributed by atoms with Gasteiger partial charge in [-0.1, -0.05) is 6.07 Å². The number of aliphatic hydroxyl groups excluding tert-OH is 1. The number of aryl methyl sites for hydroxylation is 2. The number of nitrogens with one attached hydrogen (secondary N) is 1. The summed E-state index contributed by atoms with van der Waals surface area (Å²) in [4.78, 5) is 15.2. The van der Waals surface area contributed by atoms with Crippen molar-refractivity contribution in [2.24, 2.45) is 5.73 Å². The lowest BCUT2D eigenvalue weighted by Crippen LogP contribution is -2.50. The molecule has 182 valence electrons. The van der Waals surface area contributed by atoms with Crippen LogP contribution in [0.3, 0.4) is 0 Å². The van der Waals surface area contributed by atoms with Gasteiger partial charge in [-0.15, -0.1) is 0 Å². The van der Waals surface area contributed by atoms with E-state index >= 15 is 0 Å². The Labute approximate surface area is 204 Å². The summed E-state index contributed by atoms with van der Waals surface area (Å²) in [6.07, 6.45) is 3.73. The molecule has 0 bridgehead atoms. The van der Waals surface area contributed by atoms with E-state index in [0.717, 1.165) is 50.4 Å². The van der Waals surface area contributed by atoms with Crippen molar-refractivity contribution in [3.63, 3.8) is 0 Å². The average Bonchev–Trinajstić information content (AvgIpc) is 3.29. The standard InChI is InChI=1S/C27H31N5O3/c1-15-7-16(2)25-23(8-15)30-27(31-25)21-13-29-12-20(17-9-18(34-3)11-19(10-17)35-4)26(21)32-6-5-22(28)24(33)14-32/h7-13,22,24,33H,5-6,14,28H2,1-4H3,(H,30,31)/t22-,24+/m1/s1. The highest BCUT2D eigenvalue weighted by molar-refractivity contribution is 5.92. The molecule has 0 unspecified atom stereocenters. The number of methoxy groups -OCH3 is 2. The normalized spacial score (nSPS) is 18.2. The van der Waals surface area contributed by atoms with E-state index in [4.69, 9.17) is 20.2 Å². The summed E-state index contributed by atoms with van der Waals surface area (Å²) < 4.78 is 11.1. The highest BCUT2D eigenvalue weighted by Gasteiger charge is 2.29. The SMILES string of the molecule is COc1cc(OC)cc(-c2cncc(-c3nc4cc(C)cc(C)c4[nH]3)c2N2CC[C@@H](N)[C@@H](O)C2)c1. The molecule has 1 aliphatic rings. The fraction of sp³-hybridized carbons (Fsp3) is 0.333. The van der Waals surface area contributed by atoms with E-state index < -0.39 is 6.10 Å². The number of fused-ring (bicyclic) bond motifs is 1. The summed E-state index contributed by atoms with van der Waals surface area (Å²) in [5, 5.41) is 10.6. The Morgan fingerprint density at radius 3 is 2.43 bits per heavy atom. The molecule has 3 heterocycles. The Hall–Kier alpha value is -3.62. The molecule has 0 aliphatic carbocycles. The Morgan fingerprint density at radius 1 is 1.03 bits per heavy atom. The average molecular weight is 474 g/mol. The molecule has 1 fully saturated rings. The lowest BCUT2D eigenvalue weighted by Gasteiger charge is -2.37. The molecule has 0 radical (unpaired) electrons. The number of rotatable bonds is 5. The second-order valence-corrected chi connectivity index (χ2v) is 9.21. The van der Waals surface area contributed by atoms with Gasteiger partial charge in [-0.05, 0) is 55.2 Å². The second-order valence-electron chi connectivity index (χ2n) is 9.21. The lowest BCUT2D eigenvalue weighted by molar-refractivity contribution is 0.132. The number of anilines is 1. The highest BCUT2D eigenvalue weighted by atomic mass is 16.5. The van der Waals surface area contributed by atoms with E-state index in [0.29, 0.717) is 31.0 Å². The van der Waals surface area contributed by atoms with Crippen LogP contribution in [-0.4, -0.2) is 59.5 Å². The van der Waals surface area contributed by atoms with Gasteiger partial charge in [0.05, 0.1) is 42.6 Å². The molecule has 2 aromatic carbocycles. The predicted octanol–water partition coefficient (Wildman–Crippen LogP) is 3.82. The minimum absolute atomic E-state index is 0.242. The number of pyridine rings is 1. The van der Waals surface area contributed by atoms with Crippen molar-refractivity contribution in [3.05, 3.63) is 53.9 Å². The van der Waals surface area contributed by atoms with Crippen molar-refractivity contribution in [2.45, 2.75) is 32.4 Å². The van der Waals surface area contributed by atoms with Gasteiger partial charge < -0.3 is 30.2 Å². The molecule has 0 saturated carbocycles. The molecule has 35 heavy (non-hydrogen) atoms. The van der Waals surface area contributed by atoms with E-state index in [-0.39, 0.29) is 6.04 Å². The molecule has 4 aromatic rings. The van der Waals surface area contributed by atoms with Gasteiger partial charge in [0.2, 0.25) is 0 Å². The van der Waals surface area contributed by atoms with Crippen LogP contribution >= 0.6 is 0 Å². The molecule has 8 heteroatoms. The van der Waals surface area contributed by atoms with Gasteiger partial charge in [-0.25, -0.2) is 4.98 Å². The maximum Gasteiger partial charge on any atom is 0.142 e. The van der Waals surface area contributed by atoms with Crippen LogP contribution in [0.25, 0.3) is 33.5 Å². The van der Waals surface area contributed by atoms with Crippen molar-refractivity contribution in [1.29, 1.82) is 0 Å². The van der Waals surface area contributed by atoms with E-state index in [1.165, 1.54) is 0 Å². The third kappa shape index (κ3) is 4.31. The van der Waals surface area contributed by atoms with Crippen molar-refractivity contribution >= 4 is 16.7 Å². The molecule has 0 spiro atoms. The number of benzene rings is 2. The zero-order valence-electron chi connectivity index (χ0n) is 20.5. The molecule has 1 aliphatic heterocycles. The smallest absolute Gasteiger partial charge is 0.142 e. The minimum atomic E-state index is -0.627. The van der Waals surface area contributed by atoms with Crippen LogP contribution in [0.15, 0.2) is 42.7 Å². The molecular formula is C27H31N5O3. The number of hydrogen-bond acceptors (Lipinski definition) is 7. The number of nitrogens with zero attached hydrogens (tertiary/aromatic N) is 3. The fourth-order valence-corrected chi connectivity index (χ4v) is 4.89. The van der Waals surface area contributed by atoms with Crippen LogP contribution in [0.5, 0.6) is 11.5 Å². The van der Waals surface area contributed by atoms with E-state index in [2.05, 4.69) is 40.8 Å². The largest absolute Gasteiger partial charge is 0.497 e. The third-order valence-electron chi connectivity index (χ3n) is 6.72. The van der Waals surface area contributed by atoms with Gasteiger partial charge in [0.15, 0.2) is 0 Å². The summed E-state index contributed by atoms with van der Waals surface area (Å²) in [5.74, 6) is 2.11. The van der Waals surface area contributed by atoms with Crippen molar-refractivity contribution in [1.82, 2.24) is 15.0 Å². The molecule has 0 amide bonds. The van der Waals surface area contributed by atoms with Crippen LogP contribution in [0.1, 0.15) is 17.5 Å². The Bertz CT molecular complexity index is 1360. The maximum atomic E-state index is 10.6. The highest BCUT2D eigenvalue weighted by Crippen LogP contribution is 2.41. The summed E-state index contributed by atoms with van der Waals surface area (Å²) >= 11 is 0. The Balaban J connectivity index is 1.74. The van der Waals surface area contributed by atoms with Gasteiger partial charge in [0.1, 0.15) is 17.3 Å². The van der Waals surface area contributed by atoms with E-state index in [1.807, 2.05) is 30.6 Å². The quantitative estimate of drug-likeness (QED) is 0.404. The first-order valence-corrected chi connectivity index (χ1v) is 11.7. The number of hydrogen-bond donors (Lipinski definition) is 3. The van der Waals surface area contributed by atoms with E-state index in [9.17, 15) is 5.11 Å². The minimum Gasteiger partial charge on any atom is -0.497 e. The maximum absolute atomic E-state index is 10.6. The van der Waals surface area contributed by atoms with Crippen molar-refractivity contribution < 1.29 is 14.6 Å². The fourth-order valence-electron chi connectivity index (χ4n) is 4.89. The second kappa shape index (κ2) is 9.20. The van der Waals surface area contributed by atoms with Gasteiger partial charge in [0.25, 0.3) is 0 Å². The number of aromatic amines is 1. The molecule has 2 aromatic heterocycles. The molecule has 4 N–H and O–H groups in total. The number of H-pyrrole nitrogens is 1. The summed E-state index contributed by atoms with van der Waals surface area (Å²) in [6, 6.07) is 9.75. The van der Waals surface area contributed by atoms with Gasteiger partial charge in [0, 0.05) is 43.2 Å². The van der Waals surface area contributed by atoms with Crippen LogP contribution < -0.4 is 20.1 Å². The molecule has 1 saturated heterocycles. The topological polar surface area (TPSA) is 110 Å². The van der Waals surface area contributed by atoms with Gasteiger partial charge >= 0.3 is 0 Å². The number of piperidine rings is 1. The number of ether oxygens (including phenoxy) is 2. The Morgan fingerprint density at radius 2 is 1.74 bits per heavy atom. The summed E-state index contributed by atoms with van der Waals surface area (Å²) in [5.41, 5.74) is 14.0. The first-order chi connectivity index (χ1) is 16.9. The number of nitrogens with two attached hydrogens (primary N) is 1. The van der Waals surface area contributed by atoms with E-state index in [1.54, 1.807) is 14.2 Å². The van der Waals surface area contributed by atoms with Crippen LogP contribution in [0.2, 0.25) is 0 Å². The van der Waals surface area contributed by atoms with Crippen LogP contribution in [0.4, 0.5) is 5.69 Å². The zero-order valence-corrected chi connectivity index (χ0v) is 20.5. The Kier molecular flexibility index (Phi) is 6.08. The first kappa shape index (κ1) is 23.1. The zero-order chi connectivity index (χ0) is 24.7. The summed E-state index contributed by atoms with van der Waals surface area (Å²) in [7, 11) is 3.27. The van der Waals surface area contributed by atoms with Crippen LogP contribution in [0, 0.1) is 13.8 Å². The van der Waals surface area contributed by atoms with Crippen molar-refractivity contribution in [2.75, 3.05) is 32.2 Å². The predicted molar refractivity (Wildman–Crippen MR) is 138 cm³/mol. The third-order valence-corrected chi connectivity index (χ3v) is 6.72. The van der Waals surface area contributed by atoms with Gasteiger partial charge in [-0.2, -0.15) is 0 Å². The number of aromatic nitrogens is 3. The number of β-amino-alcohol motifs (C(OH)–C–C–N with tert-alkyl or cyclic N) is 1. The summed E-state index contributed by atoms with van der Waals surface area (Å²) in [6.45, 7) is 5.28.